The predicted molar refractivity (Wildman–Crippen MR) is 164 cm³/mol. The van der Waals surface area contributed by atoms with Gasteiger partial charge in [-0.2, -0.15) is 0 Å². The Balaban J connectivity index is -0.000000557. The van der Waals surface area contributed by atoms with E-state index in [1.807, 2.05) is 48.9 Å². The monoisotopic (exact) mass is 581 g/mol. The van der Waals surface area contributed by atoms with Gasteiger partial charge in [-0.05, 0) is 51.9 Å². The minimum Gasteiger partial charge on any atom is -0.355 e. The summed E-state index contributed by atoms with van der Waals surface area (Å²) in [6, 6.07) is 9.08. The maximum absolute atomic E-state index is 11.7. The van der Waals surface area contributed by atoms with Gasteiger partial charge in [0.1, 0.15) is 6.79 Å². The van der Waals surface area contributed by atoms with Crippen LogP contribution in [0.5, 0.6) is 0 Å². The Kier molecular flexibility index (Phi) is 33.8. The first-order valence-corrected chi connectivity index (χ1v) is 14.4. The van der Waals surface area contributed by atoms with Crippen LogP contribution in [-0.4, -0.2) is 92.7 Å². The molecule has 0 unspecified atom stereocenters. The molecular formula is C30H55N5O6. The van der Waals surface area contributed by atoms with Gasteiger partial charge in [0.25, 0.3) is 5.91 Å². The zero-order valence-electron chi connectivity index (χ0n) is 26.0. The molecule has 0 saturated carbocycles. The number of unbranched alkanes of at least 4 members (excludes halogenated alkanes) is 3. The summed E-state index contributed by atoms with van der Waals surface area (Å²) >= 11 is 0. The average Bonchev–Trinajstić information content (AvgIpc) is 3.54. The highest BCUT2D eigenvalue weighted by molar-refractivity contribution is 5.94. The van der Waals surface area contributed by atoms with Crippen molar-refractivity contribution in [3.05, 3.63) is 35.9 Å². The van der Waals surface area contributed by atoms with E-state index >= 15 is 0 Å². The molecule has 0 spiro atoms. The third-order valence-corrected chi connectivity index (χ3v) is 5.46. The molecule has 236 valence electrons. The summed E-state index contributed by atoms with van der Waals surface area (Å²) in [5.41, 5.74) is 1.90. The summed E-state index contributed by atoms with van der Waals surface area (Å²) < 4.78 is 0. The first-order chi connectivity index (χ1) is 19.8. The molecule has 0 radical (unpaired) electrons. The highest BCUT2D eigenvalue weighted by atomic mass is 16.5. The second kappa shape index (κ2) is 32.9. The van der Waals surface area contributed by atoms with Crippen LogP contribution < -0.4 is 16.1 Å². The molecule has 1 heterocycles. The van der Waals surface area contributed by atoms with E-state index in [2.05, 4.69) is 31.4 Å². The molecule has 1 aromatic rings. The van der Waals surface area contributed by atoms with Crippen molar-refractivity contribution in [3.63, 3.8) is 0 Å². The van der Waals surface area contributed by atoms with Crippen molar-refractivity contribution in [2.75, 3.05) is 46.8 Å². The van der Waals surface area contributed by atoms with Crippen molar-refractivity contribution in [1.29, 1.82) is 0 Å². The highest BCUT2D eigenvalue weighted by Gasteiger charge is 2.16. The largest absolute Gasteiger partial charge is 0.355 e. The number of hydrogen-bond acceptors (Lipinski definition) is 7. The lowest BCUT2D eigenvalue weighted by atomic mass is 10.2. The predicted octanol–water partition coefficient (Wildman–Crippen LogP) is 3.42. The fraction of sp³-hybridized carbons (Fsp3) is 0.633. The maximum atomic E-state index is 11.7. The van der Waals surface area contributed by atoms with Crippen molar-refractivity contribution >= 4 is 30.9 Å². The second-order valence-electron chi connectivity index (χ2n) is 9.36. The highest BCUT2D eigenvalue weighted by Crippen LogP contribution is 2.10. The third-order valence-electron chi connectivity index (χ3n) is 5.46. The molecular weight excluding hydrogens is 526 g/mol. The Bertz CT molecular complexity index is 757. The Hall–Kier alpha value is -3.31. The molecule has 1 saturated heterocycles. The van der Waals surface area contributed by atoms with E-state index in [-0.39, 0.29) is 18.2 Å². The molecule has 4 amide bonds. The Morgan fingerprint density at radius 1 is 0.902 bits per heavy atom. The summed E-state index contributed by atoms with van der Waals surface area (Å²) in [4.78, 5) is 55.1. The van der Waals surface area contributed by atoms with Crippen molar-refractivity contribution < 1.29 is 29.2 Å². The summed E-state index contributed by atoms with van der Waals surface area (Å²) in [7, 11) is 3.69. The number of likely N-dealkylation sites (N-methyl/N-ethyl adjacent to an activating group) is 1. The van der Waals surface area contributed by atoms with Crippen molar-refractivity contribution in [1.82, 2.24) is 25.9 Å². The van der Waals surface area contributed by atoms with E-state index in [0.717, 1.165) is 32.4 Å². The zero-order chi connectivity index (χ0) is 31.7. The number of carbonyl (C=O) groups excluding carboxylic acids is 5. The second-order valence-corrected chi connectivity index (χ2v) is 9.36. The Morgan fingerprint density at radius 2 is 1.44 bits per heavy atom. The van der Waals surface area contributed by atoms with Crippen LogP contribution in [0, 0.1) is 0 Å². The van der Waals surface area contributed by atoms with Crippen LogP contribution in [-0.2, 0) is 19.2 Å². The minimum atomic E-state index is -0.0831. The van der Waals surface area contributed by atoms with E-state index in [1.165, 1.54) is 44.0 Å². The van der Waals surface area contributed by atoms with Crippen LogP contribution in [0.2, 0.25) is 0 Å². The van der Waals surface area contributed by atoms with Crippen LogP contribution in [0.1, 0.15) is 88.9 Å². The van der Waals surface area contributed by atoms with E-state index < -0.39 is 0 Å². The van der Waals surface area contributed by atoms with Gasteiger partial charge in [0.2, 0.25) is 18.2 Å². The van der Waals surface area contributed by atoms with Gasteiger partial charge in [-0.25, -0.2) is 5.48 Å². The normalized spacial score (nSPS) is 11.0. The Labute approximate surface area is 247 Å². The number of rotatable bonds is 13. The topological polar surface area (TPSA) is 148 Å². The molecule has 1 fully saturated rings. The number of amides is 4. The maximum Gasteiger partial charge on any atom is 0.251 e. The quantitative estimate of drug-likeness (QED) is 0.121. The van der Waals surface area contributed by atoms with Gasteiger partial charge < -0.3 is 25.2 Å². The lowest BCUT2D eigenvalue weighted by Crippen LogP contribution is -2.35. The lowest BCUT2D eigenvalue weighted by Gasteiger charge is -2.14. The van der Waals surface area contributed by atoms with Crippen molar-refractivity contribution in [3.8, 4) is 0 Å². The van der Waals surface area contributed by atoms with Crippen LogP contribution >= 0.6 is 0 Å². The van der Waals surface area contributed by atoms with Crippen LogP contribution in [0.3, 0.4) is 0 Å². The van der Waals surface area contributed by atoms with Crippen LogP contribution in [0.25, 0.3) is 0 Å². The number of nitrogens with zero attached hydrogens (tertiary/aromatic N) is 2. The van der Waals surface area contributed by atoms with E-state index in [4.69, 9.17) is 14.8 Å². The molecule has 0 aliphatic carbocycles. The number of carbonyl (C=O) groups is 5. The van der Waals surface area contributed by atoms with Gasteiger partial charge in [0.05, 0.1) is 6.54 Å². The van der Waals surface area contributed by atoms with Crippen LogP contribution in [0.15, 0.2) is 30.3 Å². The molecule has 1 aliphatic rings. The van der Waals surface area contributed by atoms with Gasteiger partial charge in [0.15, 0.2) is 0 Å². The number of hydrogen-bond donors (Lipinski definition) is 4. The standard InChI is InChI=1S/C14H21N3O2.C10H19NO.C4H10.CH3NO2.CH2O/c1-17(2)11-13(18)15-9-6-10-16-14(19)12-7-4-3-5-8-12;1-2-3-4-7-10(12)11-8-5-6-9-11;1-3-4-2;3-1-2-4;1-2/h3-5,7-8H,6,9-11H2,1-2H3,(H,15,18)(H,16,19);2-9H2,1H3;3-4H2,1-2H3;1,4H,(H,2,3);1H2. The number of likely N-dealkylation sites (tertiary alicyclic amines) is 1. The molecule has 0 bridgehead atoms. The average molecular weight is 582 g/mol. The molecule has 0 atom stereocenters. The Morgan fingerprint density at radius 3 is 1.90 bits per heavy atom. The molecule has 1 aromatic carbocycles. The van der Waals surface area contributed by atoms with Gasteiger partial charge in [-0.15, -0.1) is 0 Å². The first kappa shape index (κ1) is 42.2. The van der Waals surface area contributed by atoms with Gasteiger partial charge in [0, 0.05) is 38.2 Å². The summed E-state index contributed by atoms with van der Waals surface area (Å²) in [5.74, 6) is 0.292. The first-order valence-electron chi connectivity index (χ1n) is 14.4. The number of nitrogens with one attached hydrogen (secondary N) is 3. The zero-order valence-corrected chi connectivity index (χ0v) is 26.0. The van der Waals surface area contributed by atoms with E-state index in [0.29, 0.717) is 31.1 Å². The molecule has 4 N–H and O–H groups in total. The van der Waals surface area contributed by atoms with Crippen molar-refractivity contribution in [2.24, 2.45) is 0 Å². The fourth-order valence-electron chi connectivity index (χ4n) is 3.20. The summed E-state index contributed by atoms with van der Waals surface area (Å²) in [5, 5.41) is 12.9. The molecule has 41 heavy (non-hydrogen) atoms. The van der Waals surface area contributed by atoms with Gasteiger partial charge in [-0.1, -0.05) is 64.7 Å². The summed E-state index contributed by atoms with van der Waals surface area (Å²) in [6.45, 7) is 12.0. The smallest absolute Gasteiger partial charge is 0.251 e. The van der Waals surface area contributed by atoms with E-state index in [9.17, 15) is 14.4 Å². The summed E-state index contributed by atoms with van der Waals surface area (Å²) in [6.07, 6.45) is 10.2. The van der Waals surface area contributed by atoms with Gasteiger partial charge >= 0.3 is 0 Å². The van der Waals surface area contributed by atoms with Gasteiger partial charge in [-0.3, -0.25) is 24.4 Å². The number of hydroxylamine groups is 1. The minimum absolute atomic E-state index is 0.000569. The number of benzene rings is 1. The molecule has 11 heteroatoms. The third kappa shape index (κ3) is 29.5. The molecule has 1 aliphatic heterocycles. The molecule has 11 nitrogen and oxygen atoms in total. The van der Waals surface area contributed by atoms with Crippen LogP contribution in [0.4, 0.5) is 0 Å². The molecule has 0 aromatic heterocycles. The molecule has 2 rings (SSSR count). The SMILES string of the molecule is C=O.CCCC.CCCCCC(=O)N1CCCC1.CN(C)CC(=O)NCCCNC(=O)c1ccccc1.O=CNO. The fourth-order valence-corrected chi connectivity index (χ4v) is 3.20. The van der Waals surface area contributed by atoms with E-state index in [1.54, 1.807) is 12.1 Å². The van der Waals surface area contributed by atoms with Crippen molar-refractivity contribution in [2.45, 2.75) is 78.6 Å². The lowest BCUT2D eigenvalue weighted by molar-refractivity contribution is -0.130.